The standard InChI is InChI=1S/C15H17N3O/c1-12-5-2-3-7-14(12)18-15(19)11-17-10-13-6-4-8-16-9-13/h2-9,17H,10-11H2,1H3,(H,18,19). The normalized spacial score (nSPS) is 10.2. The lowest BCUT2D eigenvalue weighted by Gasteiger charge is -2.08. The van der Waals surface area contributed by atoms with Crippen LogP contribution in [-0.4, -0.2) is 17.4 Å². The number of nitrogens with zero attached hydrogens (tertiary/aromatic N) is 1. The van der Waals surface area contributed by atoms with Crippen LogP contribution in [-0.2, 0) is 11.3 Å². The van der Waals surface area contributed by atoms with E-state index in [1.165, 1.54) is 0 Å². The van der Waals surface area contributed by atoms with Gasteiger partial charge < -0.3 is 10.6 Å². The van der Waals surface area contributed by atoms with Gasteiger partial charge in [-0.15, -0.1) is 0 Å². The van der Waals surface area contributed by atoms with E-state index in [0.717, 1.165) is 16.8 Å². The molecule has 2 aromatic rings. The molecule has 0 spiro atoms. The van der Waals surface area contributed by atoms with E-state index in [9.17, 15) is 4.79 Å². The van der Waals surface area contributed by atoms with Gasteiger partial charge in [-0.3, -0.25) is 9.78 Å². The summed E-state index contributed by atoms with van der Waals surface area (Å²) in [7, 11) is 0. The van der Waals surface area contributed by atoms with E-state index >= 15 is 0 Å². The molecule has 4 nitrogen and oxygen atoms in total. The van der Waals surface area contributed by atoms with E-state index in [1.807, 2.05) is 43.3 Å². The Morgan fingerprint density at radius 2 is 2.05 bits per heavy atom. The Hall–Kier alpha value is -2.20. The van der Waals surface area contributed by atoms with Crippen molar-refractivity contribution >= 4 is 11.6 Å². The first-order chi connectivity index (χ1) is 9.25. The fourth-order valence-electron chi connectivity index (χ4n) is 1.73. The molecule has 2 rings (SSSR count). The van der Waals surface area contributed by atoms with Crippen LogP contribution >= 0.6 is 0 Å². The predicted molar refractivity (Wildman–Crippen MR) is 75.8 cm³/mol. The summed E-state index contributed by atoms with van der Waals surface area (Å²) in [5.41, 5.74) is 2.98. The average molecular weight is 255 g/mol. The van der Waals surface area contributed by atoms with Gasteiger partial charge in [-0.05, 0) is 30.2 Å². The minimum atomic E-state index is -0.0433. The van der Waals surface area contributed by atoms with E-state index in [-0.39, 0.29) is 12.5 Å². The van der Waals surface area contributed by atoms with E-state index in [2.05, 4.69) is 15.6 Å². The summed E-state index contributed by atoms with van der Waals surface area (Å²) >= 11 is 0. The number of rotatable bonds is 5. The Labute approximate surface area is 112 Å². The summed E-state index contributed by atoms with van der Waals surface area (Å²) in [5, 5.41) is 5.97. The molecule has 2 N–H and O–H groups in total. The van der Waals surface area contributed by atoms with Crippen molar-refractivity contribution in [2.45, 2.75) is 13.5 Å². The topological polar surface area (TPSA) is 54.0 Å². The molecular formula is C15H17N3O. The summed E-state index contributed by atoms with van der Waals surface area (Å²) in [4.78, 5) is 15.8. The molecule has 1 aromatic carbocycles. The van der Waals surface area contributed by atoms with E-state index < -0.39 is 0 Å². The first-order valence-corrected chi connectivity index (χ1v) is 6.21. The fraction of sp³-hybridized carbons (Fsp3) is 0.200. The van der Waals surface area contributed by atoms with Gasteiger partial charge in [-0.25, -0.2) is 0 Å². The first kappa shape index (κ1) is 13.2. The highest BCUT2D eigenvalue weighted by molar-refractivity contribution is 5.92. The Morgan fingerprint density at radius 3 is 2.79 bits per heavy atom. The maximum absolute atomic E-state index is 11.8. The number of anilines is 1. The molecule has 1 aromatic heterocycles. The lowest BCUT2D eigenvalue weighted by molar-refractivity contribution is -0.115. The lowest BCUT2D eigenvalue weighted by atomic mass is 10.2. The molecule has 0 unspecified atom stereocenters. The Bertz CT molecular complexity index is 540. The van der Waals surface area contributed by atoms with Crippen LogP contribution in [0.3, 0.4) is 0 Å². The molecule has 0 saturated carbocycles. The van der Waals surface area contributed by atoms with Crippen LogP contribution in [0.5, 0.6) is 0 Å². The van der Waals surface area contributed by atoms with Crippen molar-refractivity contribution in [2.75, 3.05) is 11.9 Å². The molecule has 0 aliphatic carbocycles. The zero-order valence-corrected chi connectivity index (χ0v) is 10.9. The van der Waals surface area contributed by atoms with Gasteiger partial charge in [-0.1, -0.05) is 24.3 Å². The average Bonchev–Trinajstić information content (AvgIpc) is 2.43. The number of pyridine rings is 1. The highest BCUT2D eigenvalue weighted by atomic mass is 16.1. The highest BCUT2D eigenvalue weighted by Gasteiger charge is 2.03. The zero-order valence-electron chi connectivity index (χ0n) is 10.9. The van der Waals surface area contributed by atoms with Crippen LogP contribution in [0.25, 0.3) is 0 Å². The van der Waals surface area contributed by atoms with Gasteiger partial charge in [0, 0.05) is 24.6 Å². The number of nitrogens with one attached hydrogen (secondary N) is 2. The largest absolute Gasteiger partial charge is 0.325 e. The quantitative estimate of drug-likeness (QED) is 0.860. The smallest absolute Gasteiger partial charge is 0.238 e. The summed E-state index contributed by atoms with van der Waals surface area (Å²) in [6, 6.07) is 11.6. The number of carbonyl (C=O) groups is 1. The minimum Gasteiger partial charge on any atom is -0.325 e. The summed E-state index contributed by atoms with van der Waals surface area (Å²) < 4.78 is 0. The number of hydrogen-bond donors (Lipinski definition) is 2. The van der Waals surface area contributed by atoms with Crippen molar-refractivity contribution in [3.8, 4) is 0 Å². The number of aromatic nitrogens is 1. The van der Waals surface area contributed by atoms with E-state index in [0.29, 0.717) is 6.54 Å². The predicted octanol–water partition coefficient (Wildman–Crippen LogP) is 2.12. The third kappa shape index (κ3) is 4.19. The van der Waals surface area contributed by atoms with Gasteiger partial charge in [0.1, 0.15) is 0 Å². The van der Waals surface area contributed by atoms with E-state index in [1.54, 1.807) is 12.4 Å². The van der Waals surface area contributed by atoms with Crippen molar-refractivity contribution in [1.82, 2.24) is 10.3 Å². The molecule has 1 heterocycles. The third-order valence-corrected chi connectivity index (χ3v) is 2.76. The van der Waals surface area contributed by atoms with Crippen LogP contribution in [0.2, 0.25) is 0 Å². The second-order valence-electron chi connectivity index (χ2n) is 4.33. The third-order valence-electron chi connectivity index (χ3n) is 2.76. The maximum Gasteiger partial charge on any atom is 0.238 e. The monoisotopic (exact) mass is 255 g/mol. The molecular weight excluding hydrogens is 238 g/mol. The molecule has 4 heteroatoms. The second kappa shape index (κ2) is 6.66. The lowest BCUT2D eigenvalue weighted by Crippen LogP contribution is -2.27. The molecule has 0 fully saturated rings. The number of amides is 1. The summed E-state index contributed by atoms with van der Waals surface area (Å²) in [6.07, 6.45) is 3.51. The Balaban J connectivity index is 1.78. The van der Waals surface area contributed by atoms with Crippen LogP contribution in [0.15, 0.2) is 48.8 Å². The van der Waals surface area contributed by atoms with Crippen molar-refractivity contribution < 1.29 is 4.79 Å². The zero-order chi connectivity index (χ0) is 13.5. The van der Waals surface area contributed by atoms with Crippen molar-refractivity contribution in [3.63, 3.8) is 0 Å². The molecule has 98 valence electrons. The number of aryl methyl sites for hydroxylation is 1. The van der Waals surface area contributed by atoms with Crippen molar-refractivity contribution in [1.29, 1.82) is 0 Å². The van der Waals surface area contributed by atoms with Gasteiger partial charge in [0.2, 0.25) is 5.91 Å². The number of para-hydroxylation sites is 1. The van der Waals surface area contributed by atoms with E-state index in [4.69, 9.17) is 0 Å². The van der Waals surface area contributed by atoms with Crippen molar-refractivity contribution in [2.24, 2.45) is 0 Å². The molecule has 0 atom stereocenters. The molecule has 0 bridgehead atoms. The van der Waals surface area contributed by atoms with Gasteiger partial charge in [-0.2, -0.15) is 0 Å². The first-order valence-electron chi connectivity index (χ1n) is 6.21. The molecule has 0 radical (unpaired) electrons. The Morgan fingerprint density at radius 1 is 1.21 bits per heavy atom. The molecule has 19 heavy (non-hydrogen) atoms. The number of hydrogen-bond acceptors (Lipinski definition) is 3. The van der Waals surface area contributed by atoms with Crippen LogP contribution in [0.1, 0.15) is 11.1 Å². The molecule has 1 amide bonds. The summed E-state index contributed by atoms with van der Waals surface area (Å²) in [5.74, 6) is -0.0433. The summed E-state index contributed by atoms with van der Waals surface area (Å²) in [6.45, 7) is 2.89. The van der Waals surface area contributed by atoms with Crippen LogP contribution in [0.4, 0.5) is 5.69 Å². The maximum atomic E-state index is 11.8. The highest BCUT2D eigenvalue weighted by Crippen LogP contribution is 2.12. The SMILES string of the molecule is Cc1ccccc1NC(=O)CNCc1cccnc1. The van der Waals surface area contributed by atoms with Crippen LogP contribution < -0.4 is 10.6 Å². The molecule has 0 aliphatic rings. The minimum absolute atomic E-state index is 0.0433. The van der Waals surface area contributed by atoms with Gasteiger partial charge >= 0.3 is 0 Å². The number of benzene rings is 1. The van der Waals surface area contributed by atoms with Crippen molar-refractivity contribution in [3.05, 3.63) is 59.9 Å². The fourth-order valence-corrected chi connectivity index (χ4v) is 1.73. The molecule has 0 aliphatic heterocycles. The second-order valence-corrected chi connectivity index (χ2v) is 4.33. The van der Waals surface area contributed by atoms with Gasteiger partial charge in [0.15, 0.2) is 0 Å². The van der Waals surface area contributed by atoms with Gasteiger partial charge in [0.25, 0.3) is 0 Å². The van der Waals surface area contributed by atoms with Gasteiger partial charge in [0.05, 0.1) is 6.54 Å². The Kier molecular flexibility index (Phi) is 4.64. The number of carbonyl (C=O) groups excluding carboxylic acids is 1. The van der Waals surface area contributed by atoms with Crippen LogP contribution in [0, 0.1) is 6.92 Å². The molecule has 0 saturated heterocycles.